The molecule has 302 valence electrons. The van der Waals surface area contributed by atoms with Crippen LogP contribution in [0.25, 0.3) is 0 Å². The van der Waals surface area contributed by atoms with E-state index in [0.717, 1.165) is 26.3 Å². The topological polar surface area (TPSA) is 120 Å². The minimum absolute atomic E-state index is 0.0316. The molecule has 3 heterocycles. The van der Waals surface area contributed by atoms with E-state index in [9.17, 15) is 50.6 Å². The van der Waals surface area contributed by atoms with E-state index in [2.05, 4.69) is 36.8 Å². The lowest BCUT2D eigenvalue weighted by Crippen LogP contribution is -2.60. The summed E-state index contributed by atoms with van der Waals surface area (Å²) in [5.74, 6) is -25.7. The van der Waals surface area contributed by atoms with E-state index in [1.54, 1.807) is 0 Å². The molecule has 3 fully saturated rings. The van der Waals surface area contributed by atoms with Crippen LogP contribution in [-0.4, -0.2) is 62.6 Å². The van der Waals surface area contributed by atoms with Crippen LogP contribution < -0.4 is 14.6 Å². The number of hydrogen-bond acceptors (Lipinski definition) is 8. The molecule has 10 nitrogen and oxygen atoms in total. The fourth-order valence-corrected chi connectivity index (χ4v) is 10.2. The first-order valence-corrected chi connectivity index (χ1v) is 18.8. The maximum absolute atomic E-state index is 15.4. The second kappa shape index (κ2) is 13.7. The lowest BCUT2D eigenvalue weighted by Gasteiger charge is -2.51. The molecule has 4 aliphatic rings. The molecule has 1 N–H and O–H groups in total. The summed E-state index contributed by atoms with van der Waals surface area (Å²) in [6, 6.07) is 2.58. The fourth-order valence-electron chi connectivity index (χ4n) is 8.08. The molecule has 4 amide bonds. The Morgan fingerprint density at radius 1 is 0.930 bits per heavy atom. The summed E-state index contributed by atoms with van der Waals surface area (Å²) in [7, 11) is 2.19. The molecule has 57 heavy (non-hydrogen) atoms. The number of phenols is 1. The van der Waals surface area contributed by atoms with Gasteiger partial charge >= 0.3 is 6.18 Å². The molecule has 2 saturated heterocycles. The lowest BCUT2D eigenvalue weighted by molar-refractivity contribution is -0.141. The summed E-state index contributed by atoms with van der Waals surface area (Å²) < 4.78 is 120. The third-order valence-corrected chi connectivity index (χ3v) is 14.5. The summed E-state index contributed by atoms with van der Waals surface area (Å²) in [6.07, 6.45) is -4.74. The van der Waals surface area contributed by atoms with E-state index in [1.807, 2.05) is 0 Å². The molecule has 0 spiro atoms. The Morgan fingerprint density at radius 2 is 1.53 bits per heavy atom. The Kier molecular flexibility index (Phi) is 9.94. The van der Waals surface area contributed by atoms with Crippen LogP contribution in [-0.2, 0) is 25.4 Å². The maximum Gasteiger partial charge on any atom is 0.433 e. The Hall–Kier alpha value is -3.72. The third kappa shape index (κ3) is 5.55. The van der Waals surface area contributed by atoms with Gasteiger partial charge in [0.05, 0.1) is 28.4 Å². The predicted octanol–water partition coefficient (Wildman–Crippen LogP) is 8.30. The first-order valence-electron chi connectivity index (χ1n) is 16.0. The molecule has 0 bridgehead atoms. The highest BCUT2D eigenvalue weighted by atomic mass is 79.9. The molecule has 2 aromatic carbocycles. The van der Waals surface area contributed by atoms with Gasteiger partial charge in [0, 0.05) is 17.4 Å². The number of allylic oxidation sites excluding steroid dienone is 2. The highest BCUT2D eigenvalue weighted by Gasteiger charge is 2.77. The molecule has 7 rings (SSSR count). The molecule has 1 aromatic heterocycles. The van der Waals surface area contributed by atoms with Gasteiger partial charge in [-0.3, -0.25) is 24.2 Å². The van der Waals surface area contributed by atoms with Crippen molar-refractivity contribution < 1.29 is 64.1 Å². The number of halogens is 13. The number of carbonyl (C=O) groups excluding carboxylic acids is 4. The molecule has 6 atom stereocenters. The van der Waals surface area contributed by atoms with Gasteiger partial charge in [-0.25, -0.2) is 31.8 Å². The van der Waals surface area contributed by atoms with Crippen molar-refractivity contribution >= 4 is 102 Å². The van der Waals surface area contributed by atoms with Gasteiger partial charge in [0.25, 0.3) is 23.6 Å². The highest BCUT2D eigenvalue weighted by Crippen LogP contribution is 2.67. The van der Waals surface area contributed by atoms with Crippen molar-refractivity contribution in [1.29, 1.82) is 0 Å². The minimum Gasteiger partial charge on any atom is -0.503 e. The molecule has 2 aliphatic heterocycles. The van der Waals surface area contributed by atoms with Gasteiger partial charge in [-0.05, 0) is 74.4 Å². The normalized spacial score (nSPS) is 27.1. The number of phenolic OH excluding ortho intramolecular Hbond substituents is 1. The molecule has 0 radical (unpaired) electrons. The number of carbonyl (C=O) groups is 4. The number of fused-ring (bicyclic) bond motifs is 4. The van der Waals surface area contributed by atoms with Crippen LogP contribution in [0.2, 0.25) is 5.02 Å². The predicted molar refractivity (Wildman–Crippen MR) is 191 cm³/mol. The zero-order valence-corrected chi connectivity index (χ0v) is 33.7. The number of amides is 4. The monoisotopic (exact) mass is 994 g/mol. The van der Waals surface area contributed by atoms with Crippen LogP contribution in [0.15, 0.2) is 38.8 Å². The number of hydrogen-bond donors (Lipinski definition) is 1. The van der Waals surface area contributed by atoms with Crippen LogP contribution >= 0.6 is 66.7 Å². The molecular formula is C34H19Br2Cl3F8N4O6. The van der Waals surface area contributed by atoms with Crippen molar-refractivity contribution in [2.45, 2.75) is 34.7 Å². The number of imide groups is 2. The molecule has 2 aliphatic carbocycles. The number of hydrazine groups is 1. The number of anilines is 2. The van der Waals surface area contributed by atoms with Gasteiger partial charge in [-0.1, -0.05) is 23.3 Å². The number of nitrogens with zero attached hydrogens (tertiary/aromatic N) is 4. The number of methoxy groups -OCH3 is 1. The second-order valence-electron chi connectivity index (χ2n) is 13.3. The quantitative estimate of drug-likeness (QED) is 0.0678. The molecule has 0 unspecified atom stereocenters. The van der Waals surface area contributed by atoms with Crippen LogP contribution in [0.4, 0.5) is 46.6 Å². The Bertz CT molecular complexity index is 2380. The van der Waals surface area contributed by atoms with Crippen molar-refractivity contribution in [1.82, 2.24) is 9.99 Å². The zero-order chi connectivity index (χ0) is 42.2. The van der Waals surface area contributed by atoms with Crippen LogP contribution in [0.3, 0.4) is 0 Å². The van der Waals surface area contributed by atoms with E-state index in [0.29, 0.717) is 16.1 Å². The van der Waals surface area contributed by atoms with E-state index >= 15 is 8.78 Å². The fraction of sp³-hybridized carbons (Fsp3) is 0.324. The Balaban J connectivity index is 1.43. The molecular weight excluding hydrogens is 979 g/mol. The average molecular weight is 998 g/mol. The number of alkyl halides is 5. The third-order valence-electron chi connectivity index (χ3n) is 10.6. The number of aromatic hydroxyl groups is 1. The van der Waals surface area contributed by atoms with Crippen LogP contribution in [0.5, 0.6) is 11.5 Å². The van der Waals surface area contributed by atoms with Gasteiger partial charge in [0.15, 0.2) is 50.3 Å². The van der Waals surface area contributed by atoms with E-state index in [1.165, 1.54) is 6.08 Å². The summed E-state index contributed by atoms with van der Waals surface area (Å²) in [6.45, 7) is 0. The Labute approximate surface area is 346 Å². The van der Waals surface area contributed by atoms with Gasteiger partial charge in [-0.2, -0.15) is 18.2 Å². The first kappa shape index (κ1) is 41.4. The van der Waals surface area contributed by atoms with E-state index in [4.69, 9.17) is 39.5 Å². The second-order valence-corrected chi connectivity index (χ2v) is 16.6. The number of ether oxygens (including phenoxy) is 1. The van der Waals surface area contributed by atoms with Gasteiger partial charge in [0.2, 0.25) is 5.82 Å². The zero-order valence-electron chi connectivity index (χ0n) is 28.2. The lowest BCUT2D eigenvalue weighted by atomic mass is 9.56. The Morgan fingerprint density at radius 3 is 2.11 bits per heavy atom. The van der Waals surface area contributed by atoms with Gasteiger partial charge < -0.3 is 9.84 Å². The summed E-state index contributed by atoms with van der Waals surface area (Å²) in [5.41, 5.74) is -3.48. The molecule has 1 saturated carbocycles. The molecule has 23 heteroatoms. The average Bonchev–Trinajstić information content (AvgIpc) is 3.50. The summed E-state index contributed by atoms with van der Waals surface area (Å²) in [5, 5.41) is 11.6. The number of rotatable bonds is 5. The van der Waals surface area contributed by atoms with E-state index in [-0.39, 0.29) is 42.2 Å². The first-order chi connectivity index (χ1) is 26.5. The van der Waals surface area contributed by atoms with Crippen molar-refractivity contribution in [3.05, 3.63) is 84.2 Å². The van der Waals surface area contributed by atoms with Crippen molar-refractivity contribution in [3.63, 3.8) is 0 Å². The van der Waals surface area contributed by atoms with Crippen molar-refractivity contribution in [2.75, 3.05) is 24.1 Å². The smallest absolute Gasteiger partial charge is 0.433 e. The van der Waals surface area contributed by atoms with Gasteiger partial charge in [0.1, 0.15) is 11.4 Å². The summed E-state index contributed by atoms with van der Waals surface area (Å²) >= 11 is 27.0. The molecule has 3 aromatic rings. The SMILES string of the molecule is COc1cc([C@H]2C3=CC[C@@H]4C(=O)N(N(C)c5nc(C(F)(F)F)ccc5Cl)C(=O)[C@@H]4[C@@H]3C[C@@]3(Cl)C(=O)N(c4c(F)c(F)c(F)c(F)c4F)C(=O)[C@@]23Cl)c(Br)c(Br)c1O. The maximum atomic E-state index is 15.4. The van der Waals surface area contributed by atoms with Crippen molar-refractivity contribution in [2.24, 2.45) is 17.8 Å². The summed E-state index contributed by atoms with van der Waals surface area (Å²) in [4.78, 5) is 54.8. The number of pyridine rings is 1. The van der Waals surface area contributed by atoms with Crippen LogP contribution in [0, 0.1) is 46.8 Å². The highest BCUT2D eigenvalue weighted by molar-refractivity contribution is 9.13. The number of benzene rings is 2. The van der Waals surface area contributed by atoms with Crippen molar-refractivity contribution in [3.8, 4) is 11.5 Å². The van der Waals surface area contributed by atoms with Crippen LogP contribution in [0.1, 0.15) is 30.0 Å². The largest absolute Gasteiger partial charge is 0.503 e. The van der Waals surface area contributed by atoms with E-state index < -0.39 is 122 Å². The minimum atomic E-state index is -4.96. The standard InChI is InChI=1S/C34H19Br2Cl3F8N4O6/c1-49(27-13(37)5-6-15(48-27)34(45,46)47)51-28(53)10-4-3-9-12(16(10)29(51)54)8-32(38)30(55)50(25-23(43)21(41)20(40)22(42)24(25)44)31(56)33(32,39)17(9)11-7-14(57-2)26(52)19(36)18(11)35/h3,5-7,10,12,16-17,52H,4,8H2,1-2H3/t10-,12+,16-,17+,32+,33-/m0/s1. The van der Waals surface area contributed by atoms with Gasteiger partial charge in [-0.15, -0.1) is 23.2 Å². The number of aromatic nitrogens is 1.